The average Bonchev–Trinajstić information content (AvgIpc) is 3.11. The van der Waals surface area contributed by atoms with E-state index in [1.165, 1.54) is 16.7 Å². The lowest BCUT2D eigenvalue weighted by atomic mass is 10.2. The molecule has 0 unspecified atom stereocenters. The van der Waals surface area contributed by atoms with Crippen LogP contribution in [0.1, 0.15) is 12.5 Å². The van der Waals surface area contributed by atoms with Gasteiger partial charge in [-0.05, 0) is 56.0 Å². The van der Waals surface area contributed by atoms with E-state index in [9.17, 15) is 4.79 Å². The van der Waals surface area contributed by atoms with Crippen LogP contribution < -0.4 is 5.32 Å². The Morgan fingerprint density at radius 3 is 2.74 bits per heavy atom. The van der Waals surface area contributed by atoms with Crippen molar-refractivity contribution in [2.75, 3.05) is 17.3 Å². The van der Waals surface area contributed by atoms with Crippen molar-refractivity contribution in [3.63, 3.8) is 0 Å². The highest BCUT2D eigenvalue weighted by Crippen LogP contribution is 2.24. The molecule has 0 spiro atoms. The molecule has 0 fully saturated rings. The van der Waals surface area contributed by atoms with Gasteiger partial charge in [0.25, 0.3) is 0 Å². The second-order valence-corrected chi connectivity index (χ2v) is 7.61. The van der Waals surface area contributed by atoms with E-state index in [1.54, 1.807) is 18.0 Å². The van der Waals surface area contributed by atoms with Gasteiger partial charge in [-0.2, -0.15) is 0 Å². The number of hydrogen-bond acceptors (Lipinski definition) is 6. The third-order valence-corrected chi connectivity index (χ3v) is 5.66. The molecule has 3 aromatic rings. The Bertz CT molecular complexity index is 927. The van der Waals surface area contributed by atoms with Crippen LogP contribution in [0.15, 0.2) is 52.6 Å². The van der Waals surface area contributed by atoms with Crippen molar-refractivity contribution < 1.29 is 4.79 Å². The Morgan fingerprint density at radius 2 is 2.07 bits per heavy atom. The molecule has 0 aliphatic heterocycles. The normalized spacial score (nSPS) is 10.8. The number of carbonyl (C=O) groups is 1. The molecule has 1 amide bonds. The number of carbonyl (C=O) groups excluding carboxylic acids is 1. The van der Waals surface area contributed by atoms with Gasteiger partial charge in [-0.25, -0.2) is 0 Å². The largest absolute Gasteiger partial charge is 0.325 e. The number of pyridine rings is 1. The number of nitrogens with zero attached hydrogens (tertiary/aromatic N) is 4. The van der Waals surface area contributed by atoms with E-state index in [4.69, 9.17) is 0 Å². The predicted octanol–water partition coefficient (Wildman–Crippen LogP) is 4.12. The molecule has 2 aromatic heterocycles. The third-order valence-electron chi connectivity index (χ3n) is 3.97. The van der Waals surface area contributed by atoms with Gasteiger partial charge in [0.1, 0.15) is 5.69 Å². The molecule has 3 rings (SSSR count). The van der Waals surface area contributed by atoms with Gasteiger partial charge in [0.05, 0.1) is 5.75 Å². The zero-order valence-electron chi connectivity index (χ0n) is 15.5. The van der Waals surface area contributed by atoms with Gasteiger partial charge in [-0.15, -0.1) is 22.0 Å². The molecule has 0 saturated carbocycles. The number of nitrogens with one attached hydrogen (secondary N) is 1. The van der Waals surface area contributed by atoms with Crippen LogP contribution in [-0.4, -0.2) is 37.7 Å². The number of thioether (sulfide) groups is 2. The lowest BCUT2D eigenvalue weighted by molar-refractivity contribution is -0.113. The Kier molecular flexibility index (Phi) is 6.52. The summed E-state index contributed by atoms with van der Waals surface area (Å²) in [5.74, 6) is 0.916. The van der Waals surface area contributed by atoms with E-state index < -0.39 is 0 Å². The van der Waals surface area contributed by atoms with Crippen molar-refractivity contribution >= 4 is 35.1 Å². The first-order chi connectivity index (χ1) is 13.1. The first kappa shape index (κ1) is 19.4. The van der Waals surface area contributed by atoms with Crippen LogP contribution in [0.3, 0.4) is 0 Å². The molecule has 0 atom stereocenters. The van der Waals surface area contributed by atoms with Crippen LogP contribution in [-0.2, 0) is 11.3 Å². The van der Waals surface area contributed by atoms with Crippen molar-refractivity contribution in [3.8, 4) is 11.5 Å². The molecule has 0 bridgehead atoms. The van der Waals surface area contributed by atoms with E-state index >= 15 is 0 Å². The average molecular weight is 400 g/mol. The SMILES string of the molecule is CCn1c(SCC(=O)Nc2ccc(SC)cc2C)nnc1-c1ccccn1. The predicted molar refractivity (Wildman–Crippen MR) is 111 cm³/mol. The molecule has 1 aromatic carbocycles. The zero-order chi connectivity index (χ0) is 19.2. The molecular weight excluding hydrogens is 378 g/mol. The summed E-state index contributed by atoms with van der Waals surface area (Å²) < 4.78 is 1.97. The van der Waals surface area contributed by atoms with E-state index in [1.807, 2.05) is 55.0 Å². The fourth-order valence-electron chi connectivity index (χ4n) is 2.58. The summed E-state index contributed by atoms with van der Waals surface area (Å²) in [4.78, 5) is 17.9. The van der Waals surface area contributed by atoms with Gasteiger partial charge >= 0.3 is 0 Å². The van der Waals surface area contributed by atoms with Crippen LogP contribution in [0.2, 0.25) is 0 Å². The number of aromatic nitrogens is 4. The third kappa shape index (κ3) is 4.70. The molecule has 0 saturated heterocycles. The highest BCUT2D eigenvalue weighted by atomic mass is 32.2. The highest BCUT2D eigenvalue weighted by Gasteiger charge is 2.15. The number of rotatable bonds is 7. The topological polar surface area (TPSA) is 72.7 Å². The van der Waals surface area contributed by atoms with Gasteiger partial charge in [-0.1, -0.05) is 17.8 Å². The highest BCUT2D eigenvalue weighted by molar-refractivity contribution is 7.99. The smallest absolute Gasteiger partial charge is 0.234 e. The van der Waals surface area contributed by atoms with Crippen LogP contribution >= 0.6 is 23.5 Å². The van der Waals surface area contributed by atoms with Crippen molar-refractivity contribution in [3.05, 3.63) is 48.2 Å². The molecule has 1 N–H and O–H groups in total. The maximum atomic E-state index is 12.4. The number of benzene rings is 1. The standard InChI is InChI=1S/C19H21N5OS2/c1-4-24-18(16-7-5-6-10-20-16)22-23-19(24)27-12-17(25)21-15-9-8-14(26-3)11-13(15)2/h5-11H,4,12H2,1-3H3,(H,21,25). The molecule has 140 valence electrons. The van der Waals surface area contributed by atoms with Gasteiger partial charge in [-0.3, -0.25) is 9.78 Å². The van der Waals surface area contributed by atoms with E-state index in [2.05, 4.69) is 26.6 Å². The summed E-state index contributed by atoms with van der Waals surface area (Å²) in [5.41, 5.74) is 2.66. The lowest BCUT2D eigenvalue weighted by Gasteiger charge is -2.10. The van der Waals surface area contributed by atoms with Gasteiger partial charge in [0.2, 0.25) is 5.91 Å². The van der Waals surface area contributed by atoms with Crippen LogP contribution in [0.5, 0.6) is 0 Å². The first-order valence-electron chi connectivity index (χ1n) is 8.54. The van der Waals surface area contributed by atoms with Gasteiger partial charge in [0, 0.05) is 23.3 Å². The summed E-state index contributed by atoms with van der Waals surface area (Å²) in [5, 5.41) is 12.2. The second kappa shape index (κ2) is 9.05. The number of anilines is 1. The molecular formula is C19H21N5OS2. The fourth-order valence-corrected chi connectivity index (χ4v) is 3.89. The lowest BCUT2D eigenvalue weighted by Crippen LogP contribution is -2.15. The van der Waals surface area contributed by atoms with Crippen LogP contribution in [0, 0.1) is 6.92 Å². The van der Waals surface area contributed by atoms with Crippen molar-refractivity contribution in [1.29, 1.82) is 0 Å². The van der Waals surface area contributed by atoms with E-state index in [0.717, 1.165) is 16.9 Å². The zero-order valence-corrected chi connectivity index (χ0v) is 17.1. The summed E-state index contributed by atoms with van der Waals surface area (Å²) in [6.45, 7) is 4.73. The van der Waals surface area contributed by atoms with Crippen molar-refractivity contribution in [2.45, 2.75) is 30.4 Å². The van der Waals surface area contributed by atoms with Crippen LogP contribution in [0.25, 0.3) is 11.5 Å². The Hall–Kier alpha value is -2.32. The number of hydrogen-bond donors (Lipinski definition) is 1. The Labute approximate surface area is 167 Å². The fraction of sp³-hybridized carbons (Fsp3) is 0.263. The summed E-state index contributed by atoms with van der Waals surface area (Å²) in [6, 6.07) is 11.7. The number of aryl methyl sites for hydroxylation is 1. The van der Waals surface area contributed by atoms with E-state index in [0.29, 0.717) is 17.5 Å². The molecule has 6 nitrogen and oxygen atoms in total. The van der Waals surface area contributed by atoms with Gasteiger partial charge < -0.3 is 9.88 Å². The summed E-state index contributed by atoms with van der Waals surface area (Å²) in [7, 11) is 0. The Balaban J connectivity index is 1.66. The van der Waals surface area contributed by atoms with Crippen molar-refractivity contribution in [1.82, 2.24) is 19.7 Å². The molecule has 27 heavy (non-hydrogen) atoms. The monoisotopic (exact) mass is 399 g/mol. The molecule has 0 aliphatic rings. The minimum atomic E-state index is -0.0648. The Morgan fingerprint density at radius 1 is 1.22 bits per heavy atom. The van der Waals surface area contributed by atoms with E-state index in [-0.39, 0.29) is 11.7 Å². The van der Waals surface area contributed by atoms with Gasteiger partial charge in [0.15, 0.2) is 11.0 Å². The summed E-state index contributed by atoms with van der Waals surface area (Å²) in [6.07, 6.45) is 3.77. The first-order valence-corrected chi connectivity index (χ1v) is 10.7. The molecule has 0 aliphatic carbocycles. The number of amides is 1. The minimum absolute atomic E-state index is 0.0648. The molecule has 0 radical (unpaired) electrons. The molecule has 8 heteroatoms. The second-order valence-electron chi connectivity index (χ2n) is 5.78. The summed E-state index contributed by atoms with van der Waals surface area (Å²) >= 11 is 3.06. The maximum absolute atomic E-state index is 12.4. The van der Waals surface area contributed by atoms with Crippen molar-refractivity contribution in [2.24, 2.45) is 0 Å². The molecule has 2 heterocycles. The minimum Gasteiger partial charge on any atom is -0.325 e. The quantitative estimate of drug-likeness (QED) is 0.603. The van der Waals surface area contributed by atoms with Crippen LogP contribution in [0.4, 0.5) is 5.69 Å². The maximum Gasteiger partial charge on any atom is 0.234 e.